The Morgan fingerprint density at radius 1 is 1.13 bits per heavy atom. The summed E-state index contributed by atoms with van der Waals surface area (Å²) < 4.78 is 0. The maximum Gasteiger partial charge on any atom is 0.327 e. The van der Waals surface area contributed by atoms with Crippen LogP contribution in [0.15, 0.2) is 4.99 Å². The van der Waals surface area contributed by atoms with Crippen LogP contribution in [0.25, 0.3) is 0 Å². The molecule has 2 heterocycles. The zero-order chi connectivity index (χ0) is 22.4. The molecule has 11 nitrogen and oxygen atoms in total. The number of rotatable bonds is 8. The minimum absolute atomic E-state index is 0.0556. The second-order valence-corrected chi connectivity index (χ2v) is 8.13. The first-order valence-corrected chi connectivity index (χ1v) is 10.3. The zero-order valence-electron chi connectivity index (χ0n) is 17.6. The van der Waals surface area contributed by atoms with E-state index in [1.165, 1.54) is 4.90 Å². The number of nitrogens with zero attached hydrogens (tertiary/aromatic N) is 4. The first-order valence-electron chi connectivity index (χ1n) is 10.3. The van der Waals surface area contributed by atoms with Crippen LogP contribution in [0.2, 0.25) is 0 Å². The molecule has 0 bridgehead atoms. The van der Waals surface area contributed by atoms with Crippen molar-refractivity contribution in [2.24, 2.45) is 28.3 Å². The van der Waals surface area contributed by atoms with Crippen LogP contribution in [0.3, 0.4) is 0 Å². The molecule has 5 N–H and O–H groups in total. The number of carboxylic acids is 1. The summed E-state index contributed by atoms with van der Waals surface area (Å²) in [7, 11) is 0. The third-order valence-corrected chi connectivity index (χ3v) is 5.48. The fourth-order valence-electron chi connectivity index (χ4n) is 3.71. The summed E-state index contributed by atoms with van der Waals surface area (Å²) in [6.45, 7) is 5.71. The lowest BCUT2D eigenvalue weighted by molar-refractivity contribution is -0.167. The summed E-state index contributed by atoms with van der Waals surface area (Å²) in [4.78, 5) is 56.9. The predicted molar refractivity (Wildman–Crippen MR) is 109 cm³/mol. The molecule has 11 heteroatoms. The van der Waals surface area contributed by atoms with Crippen molar-refractivity contribution in [1.29, 1.82) is 0 Å². The predicted octanol–water partition coefficient (Wildman–Crippen LogP) is -0.348. The van der Waals surface area contributed by atoms with Crippen LogP contribution in [-0.2, 0) is 14.4 Å². The summed E-state index contributed by atoms with van der Waals surface area (Å²) in [6, 6.07) is -1.79. The highest BCUT2D eigenvalue weighted by Crippen LogP contribution is 2.32. The minimum Gasteiger partial charge on any atom is -0.480 e. The van der Waals surface area contributed by atoms with Crippen molar-refractivity contribution >= 4 is 29.8 Å². The van der Waals surface area contributed by atoms with Gasteiger partial charge in [0.05, 0.1) is 5.92 Å². The highest BCUT2D eigenvalue weighted by molar-refractivity contribution is 6.07. The Morgan fingerprint density at radius 2 is 1.73 bits per heavy atom. The van der Waals surface area contributed by atoms with Gasteiger partial charge in [-0.2, -0.15) is 0 Å². The molecule has 30 heavy (non-hydrogen) atoms. The van der Waals surface area contributed by atoms with Crippen LogP contribution < -0.4 is 11.5 Å². The van der Waals surface area contributed by atoms with E-state index in [4.69, 9.17) is 11.5 Å². The van der Waals surface area contributed by atoms with Gasteiger partial charge in [-0.25, -0.2) is 14.5 Å². The number of likely N-dealkylation sites (tertiary alicyclic amines) is 1. The number of β-lactam (4-membered cyclic amide) rings is 1. The fourth-order valence-corrected chi connectivity index (χ4v) is 3.71. The van der Waals surface area contributed by atoms with Gasteiger partial charge >= 0.3 is 12.0 Å². The molecule has 0 aliphatic carbocycles. The van der Waals surface area contributed by atoms with Crippen LogP contribution in [0.5, 0.6) is 0 Å². The Balaban J connectivity index is 1.89. The highest BCUT2D eigenvalue weighted by atomic mass is 16.4. The first-order chi connectivity index (χ1) is 14.1. The van der Waals surface area contributed by atoms with Crippen molar-refractivity contribution in [2.75, 3.05) is 32.7 Å². The molecule has 0 aromatic heterocycles. The maximum absolute atomic E-state index is 12.8. The van der Waals surface area contributed by atoms with Gasteiger partial charge in [-0.05, 0) is 25.2 Å². The summed E-state index contributed by atoms with van der Waals surface area (Å²) in [5, 5.41) is 9.52. The van der Waals surface area contributed by atoms with Crippen LogP contribution in [-0.4, -0.2) is 88.3 Å². The summed E-state index contributed by atoms with van der Waals surface area (Å²) in [5.74, 6) is -2.04. The van der Waals surface area contributed by atoms with Crippen molar-refractivity contribution in [1.82, 2.24) is 14.7 Å². The van der Waals surface area contributed by atoms with E-state index in [0.717, 1.165) is 11.3 Å². The molecule has 4 amide bonds. The molecule has 2 atom stereocenters. The molecule has 2 saturated heterocycles. The molecule has 168 valence electrons. The van der Waals surface area contributed by atoms with Gasteiger partial charge < -0.3 is 26.4 Å². The van der Waals surface area contributed by atoms with E-state index in [1.54, 1.807) is 4.90 Å². The Kier molecular flexibility index (Phi) is 8.01. The summed E-state index contributed by atoms with van der Waals surface area (Å²) in [5.41, 5.74) is 10.5. The van der Waals surface area contributed by atoms with Crippen LogP contribution in [0.1, 0.15) is 39.5 Å². The van der Waals surface area contributed by atoms with Gasteiger partial charge in [0, 0.05) is 39.1 Å². The van der Waals surface area contributed by atoms with Crippen molar-refractivity contribution in [3.63, 3.8) is 0 Å². The topological polar surface area (TPSA) is 163 Å². The van der Waals surface area contributed by atoms with Gasteiger partial charge in [-0.3, -0.25) is 14.6 Å². The fraction of sp³-hybridized carbons (Fsp3) is 0.737. The standard InChI is InChI=1S/C19H32N6O5/c1-12(2)5-6-14(26)23-8-10-24(11-9-23)19(30)25-15(17(28)29)13(16(25)27)4-3-7-22-18(20)21/h12-13,15H,3-11H2,1-2H3,(H,28,29)(H4,20,21,22)/t13-,15+/m1/s1. The summed E-state index contributed by atoms with van der Waals surface area (Å²) in [6.07, 6.45) is 2.01. The van der Waals surface area contributed by atoms with E-state index < -0.39 is 29.9 Å². The number of amides is 4. The van der Waals surface area contributed by atoms with Crippen molar-refractivity contribution in [3.8, 4) is 0 Å². The Labute approximate surface area is 176 Å². The largest absolute Gasteiger partial charge is 0.480 e. The first kappa shape index (κ1) is 23.4. The Hall–Kier alpha value is -2.85. The molecular formula is C19H32N6O5. The van der Waals surface area contributed by atoms with Gasteiger partial charge in [-0.1, -0.05) is 13.8 Å². The number of carbonyl (C=O) groups excluding carboxylic acids is 3. The number of carbonyl (C=O) groups is 4. The molecule has 0 aromatic carbocycles. The van der Waals surface area contributed by atoms with Crippen molar-refractivity contribution in [3.05, 3.63) is 0 Å². The van der Waals surface area contributed by atoms with E-state index in [9.17, 15) is 24.3 Å². The highest BCUT2D eigenvalue weighted by Gasteiger charge is 2.55. The van der Waals surface area contributed by atoms with Crippen LogP contribution >= 0.6 is 0 Å². The average molecular weight is 425 g/mol. The molecule has 2 aliphatic rings. The molecule has 2 rings (SSSR count). The monoisotopic (exact) mass is 424 g/mol. The van der Waals surface area contributed by atoms with Crippen molar-refractivity contribution in [2.45, 2.75) is 45.6 Å². The number of imide groups is 1. The van der Waals surface area contributed by atoms with E-state index in [2.05, 4.69) is 18.8 Å². The average Bonchev–Trinajstić information content (AvgIpc) is 2.69. The lowest BCUT2D eigenvalue weighted by Gasteiger charge is -2.46. The summed E-state index contributed by atoms with van der Waals surface area (Å²) >= 11 is 0. The Morgan fingerprint density at radius 3 is 2.27 bits per heavy atom. The number of aliphatic imine (C=N–C) groups is 1. The quantitative estimate of drug-likeness (QED) is 0.207. The number of nitrogens with two attached hydrogens (primary N) is 2. The SMILES string of the molecule is CC(C)CCC(=O)N1CCN(C(=O)N2C(=O)[C@H](CCCN=C(N)N)[C@H]2C(=O)O)CC1. The molecule has 0 radical (unpaired) electrons. The minimum atomic E-state index is -1.21. The molecular weight excluding hydrogens is 392 g/mol. The number of guanidine groups is 1. The number of carboxylic acid groups (broad SMARTS) is 1. The van der Waals surface area contributed by atoms with E-state index in [0.29, 0.717) is 38.4 Å². The third-order valence-electron chi connectivity index (χ3n) is 5.48. The number of hydrogen-bond donors (Lipinski definition) is 3. The number of piperazine rings is 1. The second kappa shape index (κ2) is 10.3. The molecule has 2 aliphatic heterocycles. The zero-order valence-corrected chi connectivity index (χ0v) is 17.6. The molecule has 0 spiro atoms. The Bertz CT molecular complexity index is 698. The number of urea groups is 1. The van der Waals surface area contributed by atoms with Crippen LogP contribution in [0.4, 0.5) is 4.79 Å². The van der Waals surface area contributed by atoms with Gasteiger partial charge in [0.25, 0.3) is 0 Å². The molecule has 0 aromatic rings. The molecule has 0 saturated carbocycles. The second-order valence-electron chi connectivity index (χ2n) is 8.13. The van der Waals surface area contributed by atoms with Gasteiger partial charge in [-0.15, -0.1) is 0 Å². The van der Waals surface area contributed by atoms with E-state index in [-0.39, 0.29) is 31.4 Å². The smallest absolute Gasteiger partial charge is 0.327 e. The van der Waals surface area contributed by atoms with E-state index >= 15 is 0 Å². The lowest BCUT2D eigenvalue weighted by Crippen LogP contribution is -2.69. The lowest BCUT2D eigenvalue weighted by atomic mass is 9.84. The number of hydrogen-bond acceptors (Lipinski definition) is 5. The van der Waals surface area contributed by atoms with Gasteiger partial charge in [0.1, 0.15) is 0 Å². The van der Waals surface area contributed by atoms with Crippen molar-refractivity contribution < 1.29 is 24.3 Å². The molecule has 0 unspecified atom stereocenters. The number of aliphatic carboxylic acids is 1. The van der Waals surface area contributed by atoms with Gasteiger partial charge in [0.15, 0.2) is 12.0 Å². The maximum atomic E-state index is 12.8. The third kappa shape index (κ3) is 5.61. The molecule has 2 fully saturated rings. The van der Waals surface area contributed by atoms with E-state index in [1.807, 2.05) is 0 Å². The van der Waals surface area contributed by atoms with Gasteiger partial charge in [0.2, 0.25) is 11.8 Å². The van der Waals surface area contributed by atoms with Crippen LogP contribution in [0, 0.1) is 11.8 Å². The normalized spacial score (nSPS) is 21.4.